The van der Waals surface area contributed by atoms with Crippen LogP contribution in [0.4, 0.5) is 0 Å². The Bertz CT molecular complexity index is 201. The summed E-state index contributed by atoms with van der Waals surface area (Å²) >= 11 is 0. The molecule has 0 aromatic heterocycles. The number of carbonyl (C=O) groups is 2. The van der Waals surface area contributed by atoms with E-state index in [0.717, 1.165) is 32.1 Å². The third-order valence-electron chi connectivity index (χ3n) is 2.23. The number of rotatable bonds is 10. The minimum atomic E-state index is -0.180. The van der Waals surface area contributed by atoms with Gasteiger partial charge in [-0.25, -0.2) is 0 Å². The molecule has 94 valence electrons. The molecule has 0 saturated carbocycles. The van der Waals surface area contributed by atoms with Gasteiger partial charge in [0, 0.05) is 19.4 Å². The van der Waals surface area contributed by atoms with Gasteiger partial charge in [0.25, 0.3) is 0 Å². The van der Waals surface area contributed by atoms with E-state index < -0.39 is 0 Å². The molecule has 0 bridgehead atoms. The quantitative estimate of drug-likeness (QED) is 0.459. The van der Waals surface area contributed by atoms with E-state index >= 15 is 0 Å². The normalized spacial score (nSPS) is 10.1. The number of ether oxygens (including phenoxy) is 1. The number of aliphatic hydroxyl groups is 1. The van der Waals surface area contributed by atoms with Crippen LogP contribution in [0.15, 0.2) is 0 Å². The molecular formula is C12H22O4. The molecule has 0 aromatic rings. The summed E-state index contributed by atoms with van der Waals surface area (Å²) in [6.45, 7) is 2.15. The topological polar surface area (TPSA) is 63.6 Å². The number of aliphatic hydroxyl groups excluding tert-OH is 1. The first kappa shape index (κ1) is 15.1. The second kappa shape index (κ2) is 10.6. The molecule has 0 aromatic carbocycles. The van der Waals surface area contributed by atoms with Crippen molar-refractivity contribution in [2.45, 2.75) is 51.9 Å². The Morgan fingerprint density at radius 3 is 2.31 bits per heavy atom. The van der Waals surface area contributed by atoms with E-state index in [1.165, 1.54) is 0 Å². The van der Waals surface area contributed by atoms with Gasteiger partial charge in [-0.15, -0.1) is 0 Å². The van der Waals surface area contributed by atoms with Crippen molar-refractivity contribution in [2.24, 2.45) is 0 Å². The highest BCUT2D eigenvalue weighted by atomic mass is 16.5. The highest BCUT2D eigenvalue weighted by molar-refractivity contribution is 5.75. The van der Waals surface area contributed by atoms with Gasteiger partial charge in [-0.1, -0.05) is 6.42 Å². The standard InChI is InChI=1S/C12H22O4/c1-11(14)7-4-6-10-16-12(15)8-3-2-5-9-13/h13H,2-10H2,1H3. The zero-order valence-electron chi connectivity index (χ0n) is 10.0. The van der Waals surface area contributed by atoms with Crippen molar-refractivity contribution in [2.75, 3.05) is 13.2 Å². The van der Waals surface area contributed by atoms with Crippen LogP contribution in [0.5, 0.6) is 0 Å². The van der Waals surface area contributed by atoms with Crippen LogP contribution < -0.4 is 0 Å². The number of unbranched alkanes of at least 4 members (excludes halogenated alkanes) is 3. The Kier molecular flexibility index (Phi) is 10.0. The molecule has 4 heteroatoms. The summed E-state index contributed by atoms with van der Waals surface area (Å²) in [7, 11) is 0. The molecule has 0 aliphatic carbocycles. The fourth-order valence-corrected chi connectivity index (χ4v) is 1.29. The summed E-state index contributed by atoms with van der Waals surface area (Å²) in [5.41, 5.74) is 0. The van der Waals surface area contributed by atoms with Crippen LogP contribution in [0.2, 0.25) is 0 Å². The largest absolute Gasteiger partial charge is 0.466 e. The molecule has 1 N–H and O–H groups in total. The maximum atomic E-state index is 11.2. The molecule has 0 atom stereocenters. The smallest absolute Gasteiger partial charge is 0.305 e. The fraction of sp³-hybridized carbons (Fsp3) is 0.833. The Hall–Kier alpha value is -0.900. The van der Waals surface area contributed by atoms with Gasteiger partial charge < -0.3 is 14.6 Å². The minimum Gasteiger partial charge on any atom is -0.466 e. The summed E-state index contributed by atoms with van der Waals surface area (Å²) in [4.78, 5) is 21.8. The summed E-state index contributed by atoms with van der Waals surface area (Å²) in [6.07, 6.45) is 4.89. The van der Waals surface area contributed by atoms with E-state index in [1.807, 2.05) is 0 Å². The molecule has 0 heterocycles. The summed E-state index contributed by atoms with van der Waals surface area (Å²) in [6, 6.07) is 0. The lowest BCUT2D eigenvalue weighted by molar-refractivity contribution is -0.143. The summed E-state index contributed by atoms with van der Waals surface area (Å²) in [5.74, 6) is -0.00362. The van der Waals surface area contributed by atoms with Crippen molar-refractivity contribution >= 4 is 11.8 Å². The lowest BCUT2D eigenvalue weighted by atomic mass is 10.2. The molecule has 0 unspecified atom stereocenters. The Morgan fingerprint density at radius 1 is 1.00 bits per heavy atom. The van der Waals surface area contributed by atoms with Crippen LogP contribution in [-0.4, -0.2) is 30.1 Å². The van der Waals surface area contributed by atoms with E-state index in [-0.39, 0.29) is 18.4 Å². The third kappa shape index (κ3) is 11.2. The Morgan fingerprint density at radius 2 is 1.69 bits per heavy atom. The van der Waals surface area contributed by atoms with E-state index in [0.29, 0.717) is 19.4 Å². The van der Waals surface area contributed by atoms with Gasteiger partial charge in [0.1, 0.15) is 5.78 Å². The summed E-state index contributed by atoms with van der Waals surface area (Å²) in [5, 5.41) is 8.53. The van der Waals surface area contributed by atoms with Crippen molar-refractivity contribution < 1.29 is 19.4 Å². The van der Waals surface area contributed by atoms with Gasteiger partial charge in [-0.3, -0.25) is 4.79 Å². The molecule has 0 amide bonds. The van der Waals surface area contributed by atoms with Crippen LogP contribution in [0, 0.1) is 0 Å². The molecular weight excluding hydrogens is 208 g/mol. The van der Waals surface area contributed by atoms with Gasteiger partial charge in [0.05, 0.1) is 6.61 Å². The predicted octanol–water partition coefficient (Wildman–Crippen LogP) is 1.84. The van der Waals surface area contributed by atoms with Crippen molar-refractivity contribution in [1.29, 1.82) is 0 Å². The van der Waals surface area contributed by atoms with Crippen LogP contribution in [-0.2, 0) is 14.3 Å². The Labute approximate surface area is 97.0 Å². The zero-order valence-corrected chi connectivity index (χ0v) is 10.0. The molecule has 0 aliphatic heterocycles. The number of ketones is 1. The van der Waals surface area contributed by atoms with Gasteiger partial charge in [-0.05, 0) is 32.6 Å². The first-order chi connectivity index (χ1) is 7.66. The van der Waals surface area contributed by atoms with Crippen LogP contribution in [0.3, 0.4) is 0 Å². The first-order valence-electron chi connectivity index (χ1n) is 5.92. The van der Waals surface area contributed by atoms with Crippen LogP contribution in [0.25, 0.3) is 0 Å². The van der Waals surface area contributed by atoms with Crippen molar-refractivity contribution in [3.05, 3.63) is 0 Å². The minimum absolute atomic E-state index is 0.176. The van der Waals surface area contributed by atoms with E-state index in [9.17, 15) is 9.59 Å². The van der Waals surface area contributed by atoms with E-state index in [1.54, 1.807) is 6.92 Å². The number of carbonyl (C=O) groups excluding carboxylic acids is 2. The average molecular weight is 230 g/mol. The van der Waals surface area contributed by atoms with Crippen molar-refractivity contribution in [1.82, 2.24) is 0 Å². The second-order valence-electron chi connectivity index (χ2n) is 3.91. The molecule has 0 fully saturated rings. The SMILES string of the molecule is CC(=O)CCCCOC(=O)CCCCCO. The molecule has 0 aliphatic rings. The van der Waals surface area contributed by atoms with E-state index in [4.69, 9.17) is 9.84 Å². The second-order valence-corrected chi connectivity index (χ2v) is 3.91. The Balaban J connectivity index is 3.20. The van der Waals surface area contributed by atoms with Crippen molar-refractivity contribution in [3.8, 4) is 0 Å². The van der Waals surface area contributed by atoms with Gasteiger partial charge in [-0.2, -0.15) is 0 Å². The third-order valence-corrected chi connectivity index (χ3v) is 2.23. The average Bonchev–Trinajstić information content (AvgIpc) is 2.23. The molecule has 16 heavy (non-hydrogen) atoms. The predicted molar refractivity (Wildman–Crippen MR) is 61.0 cm³/mol. The number of hydrogen-bond acceptors (Lipinski definition) is 4. The zero-order chi connectivity index (χ0) is 12.2. The van der Waals surface area contributed by atoms with Gasteiger partial charge in [0.15, 0.2) is 0 Å². The highest BCUT2D eigenvalue weighted by Gasteiger charge is 2.02. The first-order valence-corrected chi connectivity index (χ1v) is 5.92. The summed E-state index contributed by atoms with van der Waals surface area (Å²) < 4.78 is 4.99. The van der Waals surface area contributed by atoms with Gasteiger partial charge in [0.2, 0.25) is 0 Å². The van der Waals surface area contributed by atoms with E-state index in [2.05, 4.69) is 0 Å². The van der Waals surface area contributed by atoms with Crippen LogP contribution in [0.1, 0.15) is 51.9 Å². The molecule has 0 spiro atoms. The number of hydrogen-bond donors (Lipinski definition) is 1. The highest BCUT2D eigenvalue weighted by Crippen LogP contribution is 2.02. The maximum absolute atomic E-state index is 11.2. The lowest BCUT2D eigenvalue weighted by Crippen LogP contribution is -2.06. The molecule has 0 radical (unpaired) electrons. The number of Topliss-reactive ketones (excluding diaryl/α,β-unsaturated/α-hetero) is 1. The lowest BCUT2D eigenvalue weighted by Gasteiger charge is -2.03. The number of esters is 1. The molecule has 0 saturated heterocycles. The van der Waals surface area contributed by atoms with Crippen molar-refractivity contribution in [3.63, 3.8) is 0 Å². The fourth-order valence-electron chi connectivity index (χ4n) is 1.29. The monoisotopic (exact) mass is 230 g/mol. The van der Waals surface area contributed by atoms with Crippen LogP contribution >= 0.6 is 0 Å². The molecule has 4 nitrogen and oxygen atoms in total. The maximum Gasteiger partial charge on any atom is 0.305 e. The van der Waals surface area contributed by atoms with Gasteiger partial charge >= 0.3 is 5.97 Å². The molecule has 0 rings (SSSR count).